The van der Waals surface area contributed by atoms with Crippen molar-refractivity contribution >= 4 is 5.96 Å². The van der Waals surface area contributed by atoms with E-state index in [9.17, 15) is 0 Å². The number of benzene rings is 1. The van der Waals surface area contributed by atoms with Gasteiger partial charge in [-0.05, 0) is 26.2 Å². The smallest absolute Gasteiger partial charge is 0.226 e. The first-order valence-corrected chi connectivity index (χ1v) is 8.99. The Labute approximate surface area is 155 Å². The molecule has 2 N–H and O–H groups in total. The first-order chi connectivity index (χ1) is 12.7. The van der Waals surface area contributed by atoms with Gasteiger partial charge in [-0.15, -0.1) is 0 Å². The molecule has 0 aliphatic carbocycles. The van der Waals surface area contributed by atoms with Gasteiger partial charge in [0.05, 0.1) is 12.2 Å². The number of nitrogens with zero attached hydrogens (tertiary/aromatic N) is 4. The summed E-state index contributed by atoms with van der Waals surface area (Å²) in [6, 6.07) is 10.4. The Morgan fingerprint density at radius 1 is 1.23 bits per heavy atom. The molecule has 0 amide bonds. The third-order valence-corrected chi connectivity index (χ3v) is 4.72. The molecule has 1 aliphatic rings. The zero-order valence-electron chi connectivity index (χ0n) is 15.8. The van der Waals surface area contributed by atoms with Crippen LogP contribution >= 0.6 is 0 Å². The zero-order chi connectivity index (χ0) is 18.4. The first-order valence-electron chi connectivity index (χ1n) is 8.99. The van der Waals surface area contributed by atoms with Crippen LogP contribution in [0.4, 0.5) is 0 Å². The van der Waals surface area contributed by atoms with Crippen LogP contribution in [0.3, 0.4) is 0 Å². The summed E-state index contributed by atoms with van der Waals surface area (Å²) in [6.07, 6.45) is 1.69. The van der Waals surface area contributed by atoms with E-state index in [0.717, 1.165) is 43.4 Å². The third-order valence-electron chi connectivity index (χ3n) is 4.72. The highest BCUT2D eigenvalue weighted by molar-refractivity contribution is 5.79. The van der Waals surface area contributed by atoms with Crippen molar-refractivity contribution in [2.75, 3.05) is 47.3 Å². The van der Waals surface area contributed by atoms with Crippen molar-refractivity contribution in [3.05, 3.63) is 42.3 Å². The Hall–Kier alpha value is -2.38. The van der Waals surface area contributed by atoms with Crippen molar-refractivity contribution in [1.29, 1.82) is 0 Å². The number of oxazole rings is 1. The number of nitrogens with one attached hydrogen (secondary N) is 2. The molecule has 2 heterocycles. The quantitative estimate of drug-likeness (QED) is 0.621. The van der Waals surface area contributed by atoms with Crippen molar-refractivity contribution in [2.24, 2.45) is 4.99 Å². The van der Waals surface area contributed by atoms with E-state index in [1.165, 1.54) is 0 Å². The first kappa shape index (κ1) is 18.4. The fourth-order valence-electron chi connectivity index (χ4n) is 3.03. The van der Waals surface area contributed by atoms with Crippen LogP contribution in [-0.2, 0) is 6.54 Å². The molecule has 7 heteroatoms. The maximum Gasteiger partial charge on any atom is 0.226 e. The lowest BCUT2D eigenvalue weighted by atomic mass is 10.2. The van der Waals surface area contributed by atoms with Crippen LogP contribution in [0, 0.1) is 0 Å². The molecular weight excluding hydrogens is 328 g/mol. The van der Waals surface area contributed by atoms with Crippen LogP contribution < -0.4 is 10.6 Å². The SMILES string of the molecule is CN=C(NCc1coc(-c2ccccc2)n1)NCC1CN(C)CCN1C. The molecule has 0 radical (unpaired) electrons. The normalized spacial score (nSPS) is 19.5. The summed E-state index contributed by atoms with van der Waals surface area (Å²) in [4.78, 5) is 13.6. The van der Waals surface area contributed by atoms with Gasteiger partial charge in [0.2, 0.25) is 5.89 Å². The molecule has 1 aliphatic heterocycles. The molecule has 1 atom stereocenters. The number of hydrogen-bond acceptors (Lipinski definition) is 5. The van der Waals surface area contributed by atoms with Crippen molar-refractivity contribution in [3.8, 4) is 11.5 Å². The van der Waals surface area contributed by atoms with Gasteiger partial charge in [0.25, 0.3) is 0 Å². The predicted molar refractivity (Wildman–Crippen MR) is 104 cm³/mol. The Kier molecular flexibility index (Phi) is 6.25. The fraction of sp³-hybridized carbons (Fsp3) is 0.474. The van der Waals surface area contributed by atoms with Gasteiger partial charge in [-0.2, -0.15) is 0 Å². The van der Waals surface area contributed by atoms with E-state index in [2.05, 4.69) is 44.5 Å². The molecule has 26 heavy (non-hydrogen) atoms. The van der Waals surface area contributed by atoms with Crippen LogP contribution in [-0.4, -0.2) is 74.1 Å². The molecule has 1 unspecified atom stereocenters. The Morgan fingerprint density at radius 3 is 2.81 bits per heavy atom. The van der Waals surface area contributed by atoms with Gasteiger partial charge in [-0.3, -0.25) is 9.89 Å². The van der Waals surface area contributed by atoms with Crippen molar-refractivity contribution in [3.63, 3.8) is 0 Å². The van der Waals surface area contributed by atoms with E-state index in [4.69, 9.17) is 4.42 Å². The van der Waals surface area contributed by atoms with Crippen LogP contribution in [0.2, 0.25) is 0 Å². The van der Waals surface area contributed by atoms with Gasteiger partial charge in [0.15, 0.2) is 5.96 Å². The molecule has 1 saturated heterocycles. The van der Waals surface area contributed by atoms with Crippen molar-refractivity contribution in [1.82, 2.24) is 25.4 Å². The highest BCUT2D eigenvalue weighted by Crippen LogP contribution is 2.17. The molecule has 0 bridgehead atoms. The summed E-state index contributed by atoms with van der Waals surface area (Å²) in [6.45, 7) is 4.70. The lowest BCUT2D eigenvalue weighted by Crippen LogP contribution is -2.55. The Balaban J connectivity index is 1.49. The molecule has 3 rings (SSSR count). The van der Waals surface area contributed by atoms with E-state index < -0.39 is 0 Å². The average molecular weight is 356 g/mol. The third kappa shape index (κ3) is 4.83. The van der Waals surface area contributed by atoms with Gasteiger partial charge in [0, 0.05) is 44.8 Å². The largest absolute Gasteiger partial charge is 0.444 e. The molecule has 140 valence electrons. The number of aromatic nitrogens is 1. The molecule has 1 aromatic heterocycles. The number of aliphatic imine (C=N–C) groups is 1. The maximum absolute atomic E-state index is 5.57. The van der Waals surface area contributed by atoms with Gasteiger partial charge < -0.3 is 20.0 Å². The second kappa shape index (κ2) is 8.82. The van der Waals surface area contributed by atoms with Gasteiger partial charge in [0.1, 0.15) is 6.26 Å². The summed E-state index contributed by atoms with van der Waals surface area (Å²) < 4.78 is 5.57. The fourth-order valence-corrected chi connectivity index (χ4v) is 3.03. The second-order valence-electron chi connectivity index (χ2n) is 6.71. The van der Waals surface area contributed by atoms with Crippen molar-refractivity contribution < 1.29 is 4.42 Å². The number of piperazine rings is 1. The summed E-state index contributed by atoms with van der Waals surface area (Å²) in [5.41, 5.74) is 1.83. The second-order valence-corrected chi connectivity index (χ2v) is 6.71. The minimum Gasteiger partial charge on any atom is -0.444 e. The molecule has 7 nitrogen and oxygen atoms in total. The number of hydrogen-bond donors (Lipinski definition) is 2. The average Bonchev–Trinajstić information content (AvgIpc) is 3.14. The Morgan fingerprint density at radius 2 is 2.04 bits per heavy atom. The molecule has 0 saturated carbocycles. The van der Waals surface area contributed by atoms with Gasteiger partial charge in [-0.25, -0.2) is 4.98 Å². The Bertz CT molecular complexity index is 714. The molecule has 1 fully saturated rings. The highest BCUT2D eigenvalue weighted by Gasteiger charge is 2.22. The van der Waals surface area contributed by atoms with E-state index >= 15 is 0 Å². The molecular formula is C19H28N6O. The van der Waals surface area contributed by atoms with Crippen LogP contribution in [0.15, 0.2) is 46.0 Å². The summed E-state index contributed by atoms with van der Waals surface area (Å²) >= 11 is 0. The number of rotatable bonds is 5. The minimum absolute atomic E-state index is 0.476. The predicted octanol–water partition coefficient (Wildman–Crippen LogP) is 1.25. The molecule has 0 spiro atoms. The lowest BCUT2D eigenvalue weighted by Gasteiger charge is -2.37. The van der Waals surface area contributed by atoms with E-state index in [1.54, 1.807) is 13.3 Å². The zero-order valence-corrected chi connectivity index (χ0v) is 15.8. The van der Waals surface area contributed by atoms with Crippen LogP contribution in [0.25, 0.3) is 11.5 Å². The molecule has 2 aromatic rings. The summed E-state index contributed by atoms with van der Waals surface area (Å²) in [5.74, 6) is 1.41. The van der Waals surface area contributed by atoms with Crippen LogP contribution in [0.1, 0.15) is 5.69 Å². The highest BCUT2D eigenvalue weighted by atomic mass is 16.3. The summed E-state index contributed by atoms with van der Waals surface area (Å²) in [5, 5.41) is 6.71. The topological polar surface area (TPSA) is 68.9 Å². The molecule has 1 aromatic carbocycles. The van der Waals surface area contributed by atoms with Crippen molar-refractivity contribution in [2.45, 2.75) is 12.6 Å². The van der Waals surface area contributed by atoms with E-state index in [1.807, 2.05) is 30.3 Å². The monoisotopic (exact) mass is 356 g/mol. The maximum atomic E-state index is 5.57. The van der Waals surface area contributed by atoms with Crippen LogP contribution in [0.5, 0.6) is 0 Å². The number of guanidine groups is 1. The standard InChI is InChI=1S/C19H28N6O/c1-20-19(22-12-17-13-24(2)9-10-25(17)3)21-11-16-14-26-18(23-16)15-7-5-4-6-8-15/h4-8,14,17H,9-13H2,1-3H3,(H2,20,21,22). The number of likely N-dealkylation sites (N-methyl/N-ethyl adjacent to an activating group) is 2. The summed E-state index contributed by atoms with van der Waals surface area (Å²) in [7, 11) is 6.13. The minimum atomic E-state index is 0.476. The van der Waals surface area contributed by atoms with Gasteiger partial charge in [-0.1, -0.05) is 18.2 Å². The van der Waals surface area contributed by atoms with E-state index in [0.29, 0.717) is 18.5 Å². The lowest BCUT2D eigenvalue weighted by molar-refractivity contribution is 0.116. The van der Waals surface area contributed by atoms with E-state index in [-0.39, 0.29) is 0 Å². The van der Waals surface area contributed by atoms with Gasteiger partial charge >= 0.3 is 0 Å².